The topological polar surface area (TPSA) is 34.0 Å². The summed E-state index contributed by atoms with van der Waals surface area (Å²) in [6.07, 6.45) is 4.89. The fourth-order valence-electron chi connectivity index (χ4n) is 2.99. The van der Waals surface area contributed by atoms with Crippen LogP contribution in [0.3, 0.4) is 0 Å². The highest BCUT2D eigenvalue weighted by atomic mass is 15.3. The van der Waals surface area contributed by atoms with Gasteiger partial charge < -0.3 is 4.57 Å². The van der Waals surface area contributed by atoms with Crippen LogP contribution in [0.15, 0.2) is 0 Å². The summed E-state index contributed by atoms with van der Waals surface area (Å²) in [5.41, 5.74) is 0. The Morgan fingerprint density at radius 3 is 2.88 bits per heavy atom. The monoisotopic (exact) mass is 220 g/mol. The molecule has 0 saturated carbocycles. The molecule has 0 amide bonds. The molecular formula is C12H20N4. The summed E-state index contributed by atoms with van der Waals surface area (Å²) in [4.78, 5) is 2.41. The lowest BCUT2D eigenvalue weighted by atomic mass is 10.0. The van der Waals surface area contributed by atoms with Crippen molar-refractivity contribution in [3.05, 3.63) is 11.6 Å². The molecule has 1 fully saturated rings. The Bertz CT molecular complexity index is 384. The number of hydrogen-bond donors (Lipinski definition) is 0. The zero-order valence-corrected chi connectivity index (χ0v) is 10.2. The molecule has 88 valence electrons. The van der Waals surface area contributed by atoms with Gasteiger partial charge in [0.15, 0.2) is 0 Å². The lowest BCUT2D eigenvalue weighted by Crippen LogP contribution is -2.25. The SMILES string of the molecule is CC1CCc2nnc(C3CCCN3C)n2C1. The zero-order valence-electron chi connectivity index (χ0n) is 10.2. The lowest BCUT2D eigenvalue weighted by molar-refractivity contribution is 0.286. The first-order valence-corrected chi connectivity index (χ1v) is 6.38. The van der Waals surface area contributed by atoms with Crippen LogP contribution in [0.5, 0.6) is 0 Å². The predicted octanol–water partition coefficient (Wildman–Crippen LogP) is 1.63. The van der Waals surface area contributed by atoms with Gasteiger partial charge in [-0.25, -0.2) is 0 Å². The quantitative estimate of drug-likeness (QED) is 0.721. The van der Waals surface area contributed by atoms with Crippen molar-refractivity contribution in [3.8, 4) is 0 Å². The lowest BCUT2D eigenvalue weighted by Gasteiger charge is -2.24. The number of aryl methyl sites for hydroxylation is 1. The summed E-state index contributed by atoms with van der Waals surface area (Å²) < 4.78 is 2.38. The molecule has 3 heterocycles. The van der Waals surface area contributed by atoms with Gasteiger partial charge in [0.05, 0.1) is 6.04 Å². The molecule has 0 bridgehead atoms. The third kappa shape index (κ3) is 1.56. The molecule has 0 aliphatic carbocycles. The van der Waals surface area contributed by atoms with E-state index >= 15 is 0 Å². The maximum absolute atomic E-state index is 4.44. The fraction of sp³-hybridized carbons (Fsp3) is 0.833. The molecule has 0 radical (unpaired) electrons. The van der Waals surface area contributed by atoms with E-state index in [4.69, 9.17) is 0 Å². The van der Waals surface area contributed by atoms with E-state index in [1.165, 1.54) is 37.5 Å². The van der Waals surface area contributed by atoms with Gasteiger partial charge in [-0.1, -0.05) is 6.92 Å². The largest absolute Gasteiger partial charge is 0.313 e. The van der Waals surface area contributed by atoms with Crippen molar-refractivity contribution in [3.63, 3.8) is 0 Å². The van der Waals surface area contributed by atoms with E-state index in [-0.39, 0.29) is 0 Å². The smallest absolute Gasteiger partial charge is 0.150 e. The third-order valence-electron chi connectivity index (χ3n) is 4.03. The van der Waals surface area contributed by atoms with Crippen LogP contribution in [-0.4, -0.2) is 33.3 Å². The second-order valence-corrected chi connectivity index (χ2v) is 5.37. The molecule has 2 aliphatic rings. The van der Waals surface area contributed by atoms with Crippen LogP contribution in [0, 0.1) is 5.92 Å². The average molecular weight is 220 g/mol. The first kappa shape index (κ1) is 10.3. The van der Waals surface area contributed by atoms with E-state index in [1.807, 2.05) is 0 Å². The van der Waals surface area contributed by atoms with Crippen LogP contribution in [-0.2, 0) is 13.0 Å². The first-order valence-electron chi connectivity index (χ1n) is 6.38. The van der Waals surface area contributed by atoms with Crippen LogP contribution in [0.1, 0.15) is 43.9 Å². The van der Waals surface area contributed by atoms with Crippen LogP contribution in [0.2, 0.25) is 0 Å². The highest BCUT2D eigenvalue weighted by molar-refractivity contribution is 5.05. The molecule has 2 atom stereocenters. The molecule has 0 N–H and O–H groups in total. The van der Waals surface area contributed by atoms with Gasteiger partial charge in [0.1, 0.15) is 11.6 Å². The predicted molar refractivity (Wildman–Crippen MR) is 62.1 cm³/mol. The number of hydrogen-bond acceptors (Lipinski definition) is 3. The number of rotatable bonds is 1. The molecule has 0 aromatic carbocycles. The number of fused-ring (bicyclic) bond motifs is 1. The molecule has 2 unspecified atom stereocenters. The Morgan fingerprint density at radius 2 is 2.12 bits per heavy atom. The summed E-state index contributed by atoms with van der Waals surface area (Å²) in [7, 11) is 2.20. The van der Waals surface area contributed by atoms with Crippen molar-refractivity contribution in [1.29, 1.82) is 0 Å². The van der Waals surface area contributed by atoms with Crippen molar-refractivity contribution in [2.45, 2.75) is 45.2 Å². The maximum atomic E-state index is 4.44. The zero-order chi connectivity index (χ0) is 11.1. The fourth-order valence-corrected chi connectivity index (χ4v) is 2.99. The molecule has 16 heavy (non-hydrogen) atoms. The molecule has 0 spiro atoms. The van der Waals surface area contributed by atoms with Gasteiger partial charge in [-0.15, -0.1) is 10.2 Å². The van der Waals surface area contributed by atoms with Crippen LogP contribution < -0.4 is 0 Å². The number of nitrogens with zero attached hydrogens (tertiary/aromatic N) is 4. The van der Waals surface area contributed by atoms with Gasteiger partial charge >= 0.3 is 0 Å². The summed E-state index contributed by atoms with van der Waals surface area (Å²) in [6.45, 7) is 4.63. The Hall–Kier alpha value is -0.900. The normalized spacial score (nSPS) is 30.6. The minimum Gasteiger partial charge on any atom is -0.313 e. The van der Waals surface area contributed by atoms with E-state index in [0.717, 1.165) is 18.9 Å². The van der Waals surface area contributed by atoms with Gasteiger partial charge in [0.25, 0.3) is 0 Å². The average Bonchev–Trinajstić information content (AvgIpc) is 2.83. The Labute approximate surface area is 96.7 Å². The van der Waals surface area contributed by atoms with Crippen molar-refractivity contribution in [1.82, 2.24) is 19.7 Å². The second kappa shape index (κ2) is 3.84. The molecule has 4 nitrogen and oxygen atoms in total. The Kier molecular flexibility index (Phi) is 2.46. The molecule has 3 rings (SSSR count). The summed E-state index contributed by atoms with van der Waals surface area (Å²) in [6, 6.07) is 0.506. The van der Waals surface area contributed by atoms with Gasteiger partial charge in [-0.2, -0.15) is 0 Å². The summed E-state index contributed by atoms with van der Waals surface area (Å²) in [5, 5.41) is 8.79. The molecule has 1 aromatic heterocycles. The standard InChI is InChI=1S/C12H20N4/c1-9-5-6-11-13-14-12(16(11)8-9)10-4-3-7-15(10)2/h9-10H,3-8H2,1-2H3. The van der Waals surface area contributed by atoms with Crippen LogP contribution in [0.4, 0.5) is 0 Å². The molecule has 1 aromatic rings. The van der Waals surface area contributed by atoms with E-state index in [2.05, 4.69) is 33.6 Å². The van der Waals surface area contributed by atoms with E-state index in [1.54, 1.807) is 0 Å². The maximum Gasteiger partial charge on any atom is 0.150 e. The molecular weight excluding hydrogens is 200 g/mol. The molecule has 1 saturated heterocycles. The summed E-state index contributed by atoms with van der Waals surface area (Å²) >= 11 is 0. The van der Waals surface area contributed by atoms with E-state index in [9.17, 15) is 0 Å². The molecule has 2 aliphatic heterocycles. The van der Waals surface area contributed by atoms with Crippen molar-refractivity contribution in [2.24, 2.45) is 5.92 Å². The van der Waals surface area contributed by atoms with Gasteiger partial charge in [0, 0.05) is 13.0 Å². The van der Waals surface area contributed by atoms with E-state index < -0.39 is 0 Å². The highest BCUT2D eigenvalue weighted by Gasteiger charge is 2.30. The minimum atomic E-state index is 0.506. The Balaban J connectivity index is 1.93. The summed E-state index contributed by atoms with van der Waals surface area (Å²) in [5.74, 6) is 3.18. The van der Waals surface area contributed by atoms with Crippen molar-refractivity contribution < 1.29 is 0 Å². The Morgan fingerprint density at radius 1 is 1.25 bits per heavy atom. The minimum absolute atomic E-state index is 0.506. The third-order valence-corrected chi connectivity index (χ3v) is 4.03. The van der Waals surface area contributed by atoms with Crippen LogP contribution >= 0.6 is 0 Å². The van der Waals surface area contributed by atoms with E-state index in [0.29, 0.717) is 6.04 Å². The highest BCUT2D eigenvalue weighted by Crippen LogP contribution is 2.31. The number of likely N-dealkylation sites (tertiary alicyclic amines) is 1. The van der Waals surface area contributed by atoms with Crippen molar-refractivity contribution >= 4 is 0 Å². The van der Waals surface area contributed by atoms with Gasteiger partial charge in [-0.05, 0) is 38.8 Å². The van der Waals surface area contributed by atoms with Gasteiger partial charge in [0.2, 0.25) is 0 Å². The number of aromatic nitrogens is 3. The van der Waals surface area contributed by atoms with Gasteiger partial charge in [-0.3, -0.25) is 4.90 Å². The van der Waals surface area contributed by atoms with Crippen molar-refractivity contribution in [2.75, 3.05) is 13.6 Å². The second-order valence-electron chi connectivity index (χ2n) is 5.37. The molecule has 4 heteroatoms. The first-order chi connectivity index (χ1) is 7.75. The van der Waals surface area contributed by atoms with Crippen LogP contribution in [0.25, 0.3) is 0 Å².